The number of hydrogen-bond acceptors (Lipinski definition) is 6. The maximum atomic E-state index is 14.6. The maximum Gasteiger partial charge on any atom is 0.255 e. The summed E-state index contributed by atoms with van der Waals surface area (Å²) in [4.78, 5) is 40.6. The summed E-state index contributed by atoms with van der Waals surface area (Å²) in [5.41, 5.74) is 3.04. The molecule has 180 valence electrons. The number of rotatable bonds is 4. The molecule has 1 unspecified atom stereocenters. The Bertz CT molecular complexity index is 1260. The average Bonchev–Trinajstić information content (AvgIpc) is 3.16. The van der Waals surface area contributed by atoms with Crippen LogP contribution in [0, 0.1) is 17.1 Å². The minimum Gasteiger partial charge on any atom is -0.508 e. The number of nitrogens with one attached hydrogen (secondary N) is 1. The number of carbonyl (C=O) groups excluding carboxylic acids is 3. The van der Waals surface area contributed by atoms with Gasteiger partial charge >= 0.3 is 0 Å². The van der Waals surface area contributed by atoms with Crippen LogP contribution in [0.3, 0.4) is 0 Å². The van der Waals surface area contributed by atoms with Gasteiger partial charge in [-0.3, -0.25) is 24.6 Å². The first-order chi connectivity index (χ1) is 16.8. The Balaban J connectivity index is 1.30. The number of nitriles is 1. The number of piperidine rings is 2. The van der Waals surface area contributed by atoms with Crippen molar-refractivity contribution in [2.24, 2.45) is 0 Å². The van der Waals surface area contributed by atoms with E-state index in [2.05, 4.69) is 10.2 Å². The standard InChI is InChI=1S/C26H25FN4O4/c27-18-10-19(16-5-7-30(8-6-16)13-17-2-1-15(12-28)9-23(17)32)21-14-31(26(35)20(21)11-18)22-3-4-24(33)29-25(22)34/h1-2,9-11,16,22,32H,3-8,13-14H2,(H,29,33,34). The highest BCUT2D eigenvalue weighted by Gasteiger charge is 2.41. The second-order valence-corrected chi connectivity index (χ2v) is 9.43. The van der Waals surface area contributed by atoms with Crippen molar-refractivity contribution in [3.05, 3.63) is 64.0 Å². The van der Waals surface area contributed by atoms with Gasteiger partial charge in [0, 0.05) is 30.6 Å². The number of likely N-dealkylation sites (tertiary alicyclic amines) is 1. The minimum absolute atomic E-state index is 0.0692. The molecule has 8 nitrogen and oxygen atoms in total. The van der Waals surface area contributed by atoms with Gasteiger partial charge in [-0.1, -0.05) is 6.07 Å². The van der Waals surface area contributed by atoms with Crippen LogP contribution in [0.1, 0.15) is 64.2 Å². The van der Waals surface area contributed by atoms with Crippen molar-refractivity contribution >= 4 is 17.7 Å². The minimum atomic E-state index is -0.731. The van der Waals surface area contributed by atoms with E-state index in [1.807, 2.05) is 6.07 Å². The van der Waals surface area contributed by atoms with E-state index in [1.54, 1.807) is 12.1 Å². The third kappa shape index (κ3) is 4.37. The van der Waals surface area contributed by atoms with Gasteiger partial charge < -0.3 is 10.0 Å². The van der Waals surface area contributed by atoms with Crippen LogP contribution < -0.4 is 5.32 Å². The number of hydrogen-bond donors (Lipinski definition) is 2. The molecule has 0 aliphatic carbocycles. The Kier molecular flexibility index (Phi) is 5.99. The number of carbonyl (C=O) groups is 3. The summed E-state index contributed by atoms with van der Waals surface area (Å²) in [6.07, 6.45) is 1.97. The van der Waals surface area contributed by atoms with Gasteiger partial charge in [-0.25, -0.2) is 4.39 Å². The van der Waals surface area contributed by atoms with Crippen molar-refractivity contribution < 1.29 is 23.9 Å². The van der Waals surface area contributed by atoms with Crippen LogP contribution in [0.5, 0.6) is 5.75 Å². The van der Waals surface area contributed by atoms with Crippen molar-refractivity contribution in [1.29, 1.82) is 5.26 Å². The van der Waals surface area contributed by atoms with Gasteiger partial charge in [0.25, 0.3) is 5.91 Å². The summed E-state index contributed by atoms with van der Waals surface area (Å²) in [6.45, 7) is 2.25. The molecule has 0 spiro atoms. The lowest BCUT2D eigenvalue weighted by Gasteiger charge is -2.33. The van der Waals surface area contributed by atoms with Crippen molar-refractivity contribution in [1.82, 2.24) is 15.1 Å². The third-order valence-electron chi connectivity index (χ3n) is 7.29. The zero-order valence-corrected chi connectivity index (χ0v) is 19.1. The summed E-state index contributed by atoms with van der Waals surface area (Å²) in [5, 5.41) is 21.5. The number of aromatic hydroxyl groups is 1. The maximum absolute atomic E-state index is 14.6. The molecule has 0 saturated carbocycles. The van der Waals surface area contributed by atoms with E-state index >= 15 is 0 Å². The number of halogens is 1. The number of amides is 3. The second-order valence-electron chi connectivity index (χ2n) is 9.43. The van der Waals surface area contributed by atoms with E-state index in [-0.39, 0.29) is 42.9 Å². The van der Waals surface area contributed by atoms with Crippen molar-refractivity contribution in [3.8, 4) is 11.8 Å². The van der Waals surface area contributed by atoms with Crippen LogP contribution in [0.25, 0.3) is 0 Å². The lowest BCUT2D eigenvalue weighted by atomic mass is 9.85. The topological polar surface area (TPSA) is 114 Å². The van der Waals surface area contributed by atoms with E-state index in [0.29, 0.717) is 17.7 Å². The largest absolute Gasteiger partial charge is 0.508 e. The van der Waals surface area contributed by atoms with Gasteiger partial charge in [0.1, 0.15) is 17.6 Å². The molecule has 2 aromatic rings. The van der Waals surface area contributed by atoms with Gasteiger partial charge in [0.05, 0.1) is 11.6 Å². The van der Waals surface area contributed by atoms with Crippen molar-refractivity contribution in [3.63, 3.8) is 0 Å². The number of benzene rings is 2. The Morgan fingerprint density at radius 3 is 2.57 bits per heavy atom. The molecule has 3 heterocycles. The molecule has 0 aromatic heterocycles. The predicted octanol–water partition coefficient (Wildman–Crippen LogP) is 2.54. The lowest BCUT2D eigenvalue weighted by molar-refractivity contribution is -0.136. The lowest BCUT2D eigenvalue weighted by Crippen LogP contribution is -2.52. The van der Waals surface area contributed by atoms with Crippen molar-refractivity contribution in [2.75, 3.05) is 13.1 Å². The van der Waals surface area contributed by atoms with Crippen molar-refractivity contribution in [2.45, 2.75) is 50.7 Å². The van der Waals surface area contributed by atoms with Crippen LogP contribution in [0.2, 0.25) is 0 Å². The number of phenolic OH excluding ortho intramolecular Hbond substituents is 1. The quantitative estimate of drug-likeness (QED) is 0.656. The highest BCUT2D eigenvalue weighted by molar-refractivity contribution is 6.05. The first kappa shape index (κ1) is 23.0. The fraction of sp³-hybridized carbons (Fsp3) is 0.385. The molecule has 0 radical (unpaired) electrons. The predicted molar refractivity (Wildman–Crippen MR) is 123 cm³/mol. The number of imide groups is 1. The molecule has 3 amide bonds. The zero-order valence-electron chi connectivity index (χ0n) is 19.1. The monoisotopic (exact) mass is 476 g/mol. The summed E-state index contributed by atoms with van der Waals surface area (Å²) >= 11 is 0. The Morgan fingerprint density at radius 2 is 1.89 bits per heavy atom. The molecule has 5 rings (SSSR count). The van der Waals surface area contributed by atoms with E-state index in [0.717, 1.165) is 42.6 Å². The summed E-state index contributed by atoms with van der Waals surface area (Å²) in [5.74, 6) is -1.50. The molecule has 2 N–H and O–H groups in total. The molecule has 35 heavy (non-hydrogen) atoms. The molecule has 0 bridgehead atoms. The summed E-state index contributed by atoms with van der Waals surface area (Å²) in [7, 11) is 0. The fourth-order valence-electron chi connectivity index (χ4n) is 5.43. The van der Waals surface area contributed by atoms with Crippen LogP contribution in [0.15, 0.2) is 30.3 Å². The molecule has 2 fully saturated rings. The summed E-state index contributed by atoms with van der Waals surface area (Å²) in [6, 6.07) is 8.94. The molecule has 1 atom stereocenters. The zero-order chi connectivity index (χ0) is 24.7. The Morgan fingerprint density at radius 1 is 1.11 bits per heavy atom. The molecule has 9 heteroatoms. The smallest absolute Gasteiger partial charge is 0.255 e. The molecule has 3 aliphatic heterocycles. The third-order valence-corrected chi connectivity index (χ3v) is 7.29. The van der Waals surface area contributed by atoms with Crippen LogP contribution in [-0.2, 0) is 22.7 Å². The van der Waals surface area contributed by atoms with Crippen LogP contribution in [0.4, 0.5) is 4.39 Å². The Labute approximate surface area is 201 Å². The molecule has 3 aliphatic rings. The van der Waals surface area contributed by atoms with Gasteiger partial charge in [0.15, 0.2) is 0 Å². The molecule has 2 aromatic carbocycles. The van der Waals surface area contributed by atoms with E-state index < -0.39 is 17.8 Å². The van der Waals surface area contributed by atoms with Gasteiger partial charge in [-0.15, -0.1) is 0 Å². The molecular weight excluding hydrogens is 451 g/mol. The number of phenols is 1. The fourth-order valence-corrected chi connectivity index (χ4v) is 5.43. The van der Waals surface area contributed by atoms with Crippen LogP contribution >= 0.6 is 0 Å². The molecular formula is C26H25FN4O4. The van der Waals surface area contributed by atoms with E-state index in [4.69, 9.17) is 5.26 Å². The number of fused-ring (bicyclic) bond motifs is 1. The van der Waals surface area contributed by atoms with Gasteiger partial charge in [-0.2, -0.15) is 5.26 Å². The first-order valence-electron chi connectivity index (χ1n) is 11.8. The number of nitrogens with zero attached hydrogens (tertiary/aromatic N) is 3. The molecule has 2 saturated heterocycles. The van der Waals surface area contributed by atoms with E-state index in [1.165, 1.54) is 23.1 Å². The SMILES string of the molecule is N#Cc1ccc(CN2CCC(c3cc(F)cc4c3CN(C3CCC(=O)NC3=O)C4=O)CC2)c(O)c1. The second kappa shape index (κ2) is 9.12. The van der Waals surface area contributed by atoms with Gasteiger partial charge in [-0.05, 0) is 73.7 Å². The van der Waals surface area contributed by atoms with E-state index in [9.17, 15) is 23.9 Å². The highest BCUT2D eigenvalue weighted by Crippen LogP contribution is 2.38. The normalized spacial score (nSPS) is 21.1. The first-order valence-corrected chi connectivity index (χ1v) is 11.8. The van der Waals surface area contributed by atoms with Crippen LogP contribution in [-0.4, -0.2) is 51.8 Å². The summed E-state index contributed by atoms with van der Waals surface area (Å²) < 4.78 is 14.6. The average molecular weight is 477 g/mol. The van der Waals surface area contributed by atoms with Gasteiger partial charge in [0.2, 0.25) is 11.8 Å². The Hall–Kier alpha value is -3.77. The highest BCUT2D eigenvalue weighted by atomic mass is 19.1.